The molecule has 0 heterocycles. The van der Waals surface area contributed by atoms with Crippen molar-refractivity contribution in [2.45, 2.75) is 20.1 Å². The number of rotatable bonds is 17. The summed E-state index contributed by atoms with van der Waals surface area (Å²) >= 11 is 0. The highest BCUT2D eigenvalue weighted by atomic mass is 31.2. The van der Waals surface area contributed by atoms with E-state index < -0.39 is 19.9 Å². The van der Waals surface area contributed by atoms with Crippen molar-refractivity contribution >= 4 is 13.6 Å². The molecule has 4 rings (SSSR count). The molecule has 0 amide bonds. The Morgan fingerprint density at radius 1 is 0.643 bits per heavy atom. The third-order valence-corrected chi connectivity index (χ3v) is 6.73. The molecule has 0 bridgehead atoms. The molecule has 0 saturated carbocycles. The van der Waals surface area contributed by atoms with E-state index in [0.29, 0.717) is 24.7 Å². The normalized spacial score (nSPS) is 11.0. The molecule has 0 aliphatic heterocycles. The van der Waals surface area contributed by atoms with Crippen molar-refractivity contribution in [3.8, 4) is 23.0 Å². The standard InChI is InChI=1S/C31H32NO9P/c1-2-35-31(33)21-32-24-42(34,40-38-29-17-13-27(14-18-29)36-22-25-9-5-3-6-10-25)41-39-30-19-15-28(16-20-30)37-23-26-11-7-4-8-12-26/h3-20,32H,2,21-24H2,1H3. The Bertz CT molecular complexity index is 1310. The monoisotopic (exact) mass is 593 g/mol. The zero-order valence-electron chi connectivity index (χ0n) is 23.0. The summed E-state index contributed by atoms with van der Waals surface area (Å²) in [6.07, 6.45) is -0.400. The molecule has 10 nitrogen and oxygen atoms in total. The van der Waals surface area contributed by atoms with Crippen LogP contribution in [-0.2, 0) is 36.7 Å². The van der Waals surface area contributed by atoms with E-state index in [9.17, 15) is 9.36 Å². The number of carbonyl (C=O) groups excluding carboxylic acids is 1. The van der Waals surface area contributed by atoms with Crippen molar-refractivity contribution in [3.05, 3.63) is 120 Å². The highest BCUT2D eigenvalue weighted by Crippen LogP contribution is 2.47. The average Bonchev–Trinajstić information content (AvgIpc) is 3.03. The summed E-state index contributed by atoms with van der Waals surface area (Å²) in [7, 11) is -4.08. The summed E-state index contributed by atoms with van der Waals surface area (Å²) in [5.41, 5.74) is 2.06. The number of esters is 1. The van der Waals surface area contributed by atoms with Gasteiger partial charge in [0.1, 0.15) is 31.0 Å². The van der Waals surface area contributed by atoms with Gasteiger partial charge in [-0.3, -0.25) is 14.7 Å². The minimum Gasteiger partial charge on any atom is -0.489 e. The fourth-order valence-electron chi connectivity index (χ4n) is 3.44. The molecule has 0 aliphatic rings. The molecule has 42 heavy (non-hydrogen) atoms. The Labute approximate surface area is 244 Å². The van der Waals surface area contributed by atoms with Gasteiger partial charge in [-0.25, -0.2) is 0 Å². The molecule has 1 N–H and O–H groups in total. The maximum Gasteiger partial charge on any atom is 0.418 e. The second kappa shape index (κ2) is 16.2. The molecular formula is C31H32NO9P. The van der Waals surface area contributed by atoms with Gasteiger partial charge in [0.05, 0.1) is 13.2 Å². The van der Waals surface area contributed by atoms with Crippen LogP contribution in [0.25, 0.3) is 0 Å². The number of carbonyl (C=O) groups is 1. The second-order valence-electron chi connectivity index (χ2n) is 8.81. The van der Waals surface area contributed by atoms with E-state index >= 15 is 0 Å². The molecule has 0 unspecified atom stereocenters. The molecule has 11 heteroatoms. The summed E-state index contributed by atoms with van der Waals surface area (Å²) in [5.74, 6) is 1.19. The van der Waals surface area contributed by atoms with Crippen molar-refractivity contribution in [2.75, 3.05) is 19.4 Å². The lowest BCUT2D eigenvalue weighted by Gasteiger charge is -2.17. The first-order chi connectivity index (χ1) is 20.5. The van der Waals surface area contributed by atoms with Crippen LogP contribution < -0.4 is 24.6 Å². The van der Waals surface area contributed by atoms with Gasteiger partial charge in [0.25, 0.3) is 0 Å². The van der Waals surface area contributed by atoms with Crippen molar-refractivity contribution in [2.24, 2.45) is 0 Å². The Morgan fingerprint density at radius 2 is 1.07 bits per heavy atom. The van der Waals surface area contributed by atoms with Gasteiger partial charge in [0.15, 0.2) is 11.5 Å². The van der Waals surface area contributed by atoms with Crippen molar-refractivity contribution in [1.29, 1.82) is 0 Å². The summed E-state index contributed by atoms with van der Waals surface area (Å²) in [6.45, 7) is 2.50. The first kappa shape index (κ1) is 30.6. The maximum atomic E-state index is 13.4. The Kier molecular flexibility index (Phi) is 11.8. The van der Waals surface area contributed by atoms with E-state index in [0.717, 1.165) is 11.1 Å². The van der Waals surface area contributed by atoms with E-state index in [1.807, 2.05) is 60.7 Å². The molecule has 0 atom stereocenters. The number of ether oxygens (including phenoxy) is 3. The van der Waals surface area contributed by atoms with E-state index in [1.165, 1.54) is 0 Å². The van der Waals surface area contributed by atoms with Crippen LogP contribution in [-0.4, -0.2) is 25.4 Å². The zero-order chi connectivity index (χ0) is 29.5. The first-order valence-corrected chi connectivity index (χ1v) is 15.0. The SMILES string of the molecule is CCOC(=O)CNCP(=O)(OOc1ccc(OCc2ccccc2)cc1)OOc1ccc(OCc2ccccc2)cc1. The van der Waals surface area contributed by atoms with E-state index in [1.54, 1.807) is 55.5 Å². The van der Waals surface area contributed by atoms with Crippen molar-refractivity contribution in [3.63, 3.8) is 0 Å². The second-order valence-corrected chi connectivity index (χ2v) is 10.6. The largest absolute Gasteiger partial charge is 0.489 e. The van der Waals surface area contributed by atoms with Crippen LogP contribution in [0.2, 0.25) is 0 Å². The van der Waals surface area contributed by atoms with Gasteiger partial charge >= 0.3 is 13.6 Å². The van der Waals surface area contributed by atoms with Gasteiger partial charge < -0.3 is 24.0 Å². The molecular weight excluding hydrogens is 561 g/mol. The van der Waals surface area contributed by atoms with Crippen LogP contribution in [0.3, 0.4) is 0 Å². The number of hydrogen-bond donors (Lipinski definition) is 1. The smallest absolute Gasteiger partial charge is 0.418 e. The molecule has 0 spiro atoms. The quantitative estimate of drug-likeness (QED) is 0.0633. The lowest BCUT2D eigenvalue weighted by Crippen LogP contribution is -2.27. The van der Waals surface area contributed by atoms with Crippen molar-refractivity contribution in [1.82, 2.24) is 5.32 Å². The lowest BCUT2D eigenvalue weighted by atomic mass is 10.2. The summed E-state index contributed by atoms with van der Waals surface area (Å²) in [5, 5.41) is 2.68. The summed E-state index contributed by atoms with van der Waals surface area (Å²) in [6, 6.07) is 32.6. The predicted octanol–water partition coefficient (Wildman–Crippen LogP) is 6.47. The van der Waals surface area contributed by atoms with Crippen LogP contribution in [0, 0.1) is 0 Å². The van der Waals surface area contributed by atoms with Gasteiger partial charge in [0, 0.05) is 0 Å². The van der Waals surface area contributed by atoms with Gasteiger partial charge in [0.2, 0.25) is 0 Å². The van der Waals surface area contributed by atoms with Crippen LogP contribution in [0.4, 0.5) is 0 Å². The van der Waals surface area contributed by atoms with Crippen molar-refractivity contribution < 1.29 is 42.7 Å². The van der Waals surface area contributed by atoms with Crippen LogP contribution >= 0.6 is 7.60 Å². The summed E-state index contributed by atoms with van der Waals surface area (Å²) in [4.78, 5) is 22.2. The van der Waals surface area contributed by atoms with Crippen LogP contribution in [0.1, 0.15) is 18.1 Å². The molecule has 4 aromatic rings. The molecule has 0 aromatic heterocycles. The predicted molar refractivity (Wildman–Crippen MR) is 155 cm³/mol. The Morgan fingerprint density at radius 3 is 1.50 bits per heavy atom. The van der Waals surface area contributed by atoms with Crippen LogP contribution in [0.15, 0.2) is 109 Å². The zero-order valence-corrected chi connectivity index (χ0v) is 23.9. The number of hydrogen-bond acceptors (Lipinski definition) is 10. The van der Waals surface area contributed by atoms with E-state index in [2.05, 4.69) is 5.32 Å². The van der Waals surface area contributed by atoms with E-state index in [-0.39, 0.29) is 24.7 Å². The fourth-order valence-corrected chi connectivity index (χ4v) is 4.35. The van der Waals surface area contributed by atoms with Gasteiger partial charge in [-0.15, -0.1) is 0 Å². The molecule has 0 fully saturated rings. The summed E-state index contributed by atoms with van der Waals surface area (Å²) < 4.78 is 40.2. The van der Waals surface area contributed by atoms with Gasteiger partial charge in [-0.2, -0.15) is 0 Å². The van der Waals surface area contributed by atoms with Gasteiger partial charge in [-0.1, -0.05) is 70.0 Å². The van der Waals surface area contributed by atoms with Gasteiger partial charge in [-0.05, 0) is 66.6 Å². The Balaban J connectivity index is 1.31. The third kappa shape index (κ3) is 10.6. The minimum absolute atomic E-state index is 0.216. The molecule has 0 aliphatic carbocycles. The number of nitrogens with one attached hydrogen (secondary N) is 1. The number of benzene rings is 4. The van der Waals surface area contributed by atoms with E-state index in [4.69, 9.17) is 33.3 Å². The molecule has 220 valence electrons. The molecule has 4 aromatic carbocycles. The lowest BCUT2D eigenvalue weighted by molar-refractivity contribution is -0.171. The average molecular weight is 594 g/mol. The van der Waals surface area contributed by atoms with Crippen LogP contribution in [0.5, 0.6) is 23.0 Å². The minimum atomic E-state index is -4.08. The first-order valence-electron chi connectivity index (χ1n) is 13.2. The maximum absolute atomic E-state index is 13.4. The molecule has 0 saturated heterocycles. The highest BCUT2D eigenvalue weighted by molar-refractivity contribution is 7.53. The topological polar surface area (TPSA) is 111 Å². The fraction of sp³-hybridized carbons (Fsp3) is 0.194. The third-order valence-electron chi connectivity index (χ3n) is 5.52. The highest BCUT2D eigenvalue weighted by Gasteiger charge is 2.30. The molecule has 0 radical (unpaired) electrons. The Hall–Kier alpha value is -4.34.